The number of halogens is 1. The Morgan fingerprint density at radius 1 is 1.17 bits per heavy atom. The molecule has 3 aromatic rings. The third kappa shape index (κ3) is 5.56. The van der Waals surface area contributed by atoms with E-state index in [1.165, 1.54) is 12.4 Å². The molecule has 0 unspecified atom stereocenters. The minimum Gasteiger partial charge on any atom is -0.383 e. The molecule has 0 atom stereocenters. The van der Waals surface area contributed by atoms with Crippen LogP contribution >= 0.6 is 0 Å². The Labute approximate surface area is 203 Å². The number of nitrogen functional groups attached to an aromatic ring is 1. The first kappa shape index (κ1) is 24.1. The van der Waals surface area contributed by atoms with Crippen molar-refractivity contribution in [2.45, 2.75) is 33.2 Å². The molecule has 0 aliphatic heterocycles. The summed E-state index contributed by atoms with van der Waals surface area (Å²) in [5, 5.41) is 3.30. The lowest BCUT2D eigenvalue weighted by atomic mass is 9.98. The molecule has 3 N–H and O–H groups in total. The van der Waals surface area contributed by atoms with Gasteiger partial charge in [-0.15, -0.1) is 0 Å². The van der Waals surface area contributed by atoms with Gasteiger partial charge in [-0.1, -0.05) is 44.2 Å². The van der Waals surface area contributed by atoms with E-state index in [1.54, 1.807) is 16.4 Å². The molecule has 9 heteroatoms. The number of rotatable bonds is 7. The molecule has 35 heavy (non-hydrogen) atoms. The van der Waals surface area contributed by atoms with Crippen LogP contribution in [0.15, 0.2) is 70.2 Å². The average molecular weight is 476 g/mol. The van der Waals surface area contributed by atoms with Crippen LogP contribution in [0.3, 0.4) is 0 Å². The van der Waals surface area contributed by atoms with E-state index in [4.69, 9.17) is 10.7 Å². The fourth-order valence-corrected chi connectivity index (χ4v) is 3.96. The third-order valence-corrected chi connectivity index (χ3v) is 5.80. The summed E-state index contributed by atoms with van der Waals surface area (Å²) in [6.07, 6.45) is 7.76. The van der Waals surface area contributed by atoms with Gasteiger partial charge in [0, 0.05) is 19.3 Å². The van der Waals surface area contributed by atoms with Crippen LogP contribution in [0.5, 0.6) is 0 Å². The van der Waals surface area contributed by atoms with Gasteiger partial charge in [0.05, 0.1) is 18.9 Å². The molecule has 0 saturated heterocycles. The Balaban J connectivity index is 1.65. The Morgan fingerprint density at radius 2 is 1.89 bits per heavy atom. The van der Waals surface area contributed by atoms with Crippen LogP contribution < -0.4 is 16.6 Å². The summed E-state index contributed by atoms with van der Waals surface area (Å²) >= 11 is 0. The average Bonchev–Trinajstić information content (AvgIpc) is 3.06. The van der Waals surface area contributed by atoms with Crippen molar-refractivity contribution in [3.05, 3.63) is 88.0 Å². The van der Waals surface area contributed by atoms with E-state index in [2.05, 4.69) is 29.1 Å². The van der Waals surface area contributed by atoms with Gasteiger partial charge >= 0.3 is 0 Å². The van der Waals surface area contributed by atoms with Crippen LogP contribution in [0, 0.1) is 11.7 Å². The maximum Gasteiger partial charge on any atom is 0.279 e. The number of hydrogen-bond acceptors (Lipinski definition) is 5. The molecule has 2 heterocycles. The number of nitrogens with two attached hydrogens (primary N) is 1. The molecule has 182 valence electrons. The van der Waals surface area contributed by atoms with Gasteiger partial charge in [-0.2, -0.15) is 0 Å². The van der Waals surface area contributed by atoms with Crippen LogP contribution in [-0.2, 0) is 13.6 Å². The molecular weight excluding hydrogens is 445 g/mol. The number of anilines is 2. The van der Waals surface area contributed by atoms with E-state index >= 15 is 0 Å². The first-order valence-corrected chi connectivity index (χ1v) is 11.6. The highest BCUT2D eigenvalue weighted by Gasteiger charge is 2.22. The second-order valence-corrected chi connectivity index (χ2v) is 8.96. The summed E-state index contributed by atoms with van der Waals surface area (Å²) in [5.74, 6) is 1.22. The van der Waals surface area contributed by atoms with E-state index < -0.39 is 5.82 Å². The van der Waals surface area contributed by atoms with E-state index in [9.17, 15) is 9.18 Å². The number of benzene rings is 1. The molecule has 0 spiro atoms. The Morgan fingerprint density at radius 3 is 2.51 bits per heavy atom. The molecule has 4 rings (SSSR count). The summed E-state index contributed by atoms with van der Waals surface area (Å²) in [5.41, 5.74) is 9.50. The smallest absolute Gasteiger partial charge is 0.279 e. The highest BCUT2D eigenvalue weighted by atomic mass is 19.1. The number of nitrogens with one attached hydrogen (secondary N) is 1. The van der Waals surface area contributed by atoms with Gasteiger partial charge < -0.3 is 11.1 Å². The minimum absolute atomic E-state index is 0.196. The second kappa shape index (κ2) is 10.5. The lowest BCUT2D eigenvalue weighted by Gasteiger charge is -2.14. The first-order chi connectivity index (χ1) is 16.8. The Kier molecular flexibility index (Phi) is 7.24. The molecule has 1 aromatic carbocycles. The third-order valence-electron chi connectivity index (χ3n) is 5.80. The zero-order chi connectivity index (χ0) is 24.9. The van der Waals surface area contributed by atoms with Crippen molar-refractivity contribution in [3.8, 4) is 0 Å². The molecule has 0 saturated carbocycles. The highest BCUT2D eigenvalue weighted by molar-refractivity contribution is 6.10. The zero-order valence-electron chi connectivity index (χ0n) is 20.2. The Bertz CT molecular complexity index is 1330. The molecule has 0 bridgehead atoms. The number of allylic oxidation sites excluding steroid dienone is 3. The fraction of sp³-hybridized carbons (Fsp3) is 0.308. The standard InChI is InChI=1S/C26H30FN7O/c1-17(2)16-34-23(28)22(26(35)33(34)3)25(32-21-7-5-4-6-8-21)29-13-18-9-11-19(12-10-18)24-30-14-20(27)15-31-24/h4-9,11,14-15,17H,10,12-13,16,28H2,1-3H3,(H,29,32). The maximum atomic E-state index is 13.2. The summed E-state index contributed by atoms with van der Waals surface area (Å²) in [6.45, 7) is 5.19. The van der Waals surface area contributed by atoms with Crippen molar-refractivity contribution >= 4 is 22.9 Å². The number of amidine groups is 1. The topological polar surface area (TPSA) is 103 Å². The van der Waals surface area contributed by atoms with Gasteiger partial charge in [0.2, 0.25) is 0 Å². The molecule has 2 aromatic heterocycles. The predicted octanol–water partition coefficient (Wildman–Crippen LogP) is 4.02. The predicted molar refractivity (Wildman–Crippen MR) is 138 cm³/mol. The van der Waals surface area contributed by atoms with Gasteiger partial charge in [0.15, 0.2) is 11.6 Å². The lowest BCUT2D eigenvalue weighted by molar-refractivity contribution is 0.428. The fourth-order valence-electron chi connectivity index (χ4n) is 3.96. The molecule has 0 radical (unpaired) electrons. The van der Waals surface area contributed by atoms with Gasteiger partial charge in [-0.05, 0) is 42.0 Å². The zero-order valence-corrected chi connectivity index (χ0v) is 20.2. The van der Waals surface area contributed by atoms with Crippen LogP contribution in [0.2, 0.25) is 0 Å². The van der Waals surface area contributed by atoms with Crippen molar-refractivity contribution < 1.29 is 4.39 Å². The quantitative estimate of drug-likeness (QED) is 0.397. The first-order valence-electron chi connectivity index (χ1n) is 11.6. The summed E-state index contributed by atoms with van der Waals surface area (Å²) in [7, 11) is 1.72. The number of aromatic nitrogens is 4. The SMILES string of the molecule is CC(C)Cn1c(N)c(C(=NCC2=CC=C(c3ncc(F)cn3)CC2)Nc2ccccc2)c(=O)n1C. The van der Waals surface area contributed by atoms with Gasteiger partial charge in [-0.3, -0.25) is 19.2 Å². The number of nitrogens with zero attached hydrogens (tertiary/aromatic N) is 5. The molecule has 1 aliphatic carbocycles. The number of hydrogen-bond donors (Lipinski definition) is 2. The largest absolute Gasteiger partial charge is 0.383 e. The van der Waals surface area contributed by atoms with E-state index in [-0.39, 0.29) is 5.56 Å². The Hall–Kier alpha value is -4.01. The van der Waals surface area contributed by atoms with Gasteiger partial charge in [0.25, 0.3) is 5.56 Å². The van der Waals surface area contributed by atoms with Crippen molar-refractivity contribution in [3.63, 3.8) is 0 Å². The second-order valence-electron chi connectivity index (χ2n) is 8.96. The van der Waals surface area contributed by atoms with Crippen molar-refractivity contribution in [1.29, 1.82) is 0 Å². The normalized spacial score (nSPS) is 14.1. The van der Waals surface area contributed by atoms with Gasteiger partial charge in [0.1, 0.15) is 17.2 Å². The maximum absolute atomic E-state index is 13.2. The molecule has 8 nitrogen and oxygen atoms in total. The molecular formula is C26H30FN7O. The van der Waals surface area contributed by atoms with E-state index in [0.717, 1.165) is 29.7 Å². The minimum atomic E-state index is -0.457. The molecule has 0 amide bonds. The van der Waals surface area contributed by atoms with Gasteiger partial charge in [-0.25, -0.2) is 14.4 Å². The lowest BCUT2D eigenvalue weighted by Crippen LogP contribution is -2.26. The summed E-state index contributed by atoms with van der Waals surface area (Å²) in [4.78, 5) is 26.1. The molecule has 0 fully saturated rings. The van der Waals surface area contributed by atoms with Crippen molar-refractivity contribution in [2.75, 3.05) is 17.6 Å². The number of para-hydroxylation sites is 1. The van der Waals surface area contributed by atoms with E-state index in [1.807, 2.05) is 42.5 Å². The number of aliphatic imine (C=N–C) groups is 1. The van der Waals surface area contributed by atoms with Crippen LogP contribution in [-0.4, -0.2) is 31.7 Å². The van der Waals surface area contributed by atoms with Crippen molar-refractivity contribution in [1.82, 2.24) is 19.3 Å². The highest BCUT2D eigenvalue weighted by Crippen LogP contribution is 2.25. The van der Waals surface area contributed by atoms with Crippen LogP contribution in [0.25, 0.3) is 5.57 Å². The van der Waals surface area contributed by atoms with E-state index in [0.29, 0.717) is 42.0 Å². The molecule has 1 aliphatic rings. The van der Waals surface area contributed by atoms with Crippen LogP contribution in [0.4, 0.5) is 15.9 Å². The summed E-state index contributed by atoms with van der Waals surface area (Å²) < 4.78 is 16.5. The van der Waals surface area contributed by atoms with Crippen LogP contribution in [0.1, 0.15) is 38.1 Å². The van der Waals surface area contributed by atoms with Crippen molar-refractivity contribution in [2.24, 2.45) is 18.0 Å². The monoisotopic (exact) mass is 475 g/mol. The summed E-state index contributed by atoms with van der Waals surface area (Å²) in [6, 6.07) is 9.59.